The Morgan fingerprint density at radius 1 is 1.09 bits per heavy atom. The Morgan fingerprint density at radius 3 is 2.61 bits per heavy atom. The molecule has 0 amide bonds. The molecule has 0 unspecified atom stereocenters. The van der Waals surface area contributed by atoms with E-state index in [0.717, 1.165) is 56.3 Å². The first-order chi connectivity index (χ1) is 16.2. The number of rotatable bonds is 8. The number of hydrogen-bond donors (Lipinski definition) is 0. The summed E-state index contributed by atoms with van der Waals surface area (Å²) in [4.78, 5) is 26.4. The van der Waals surface area contributed by atoms with Crippen molar-refractivity contribution < 1.29 is 19.0 Å². The van der Waals surface area contributed by atoms with Gasteiger partial charge in [0.2, 0.25) is 0 Å². The third kappa shape index (κ3) is 7.08. The molecule has 0 saturated carbocycles. The number of morpholine rings is 2. The van der Waals surface area contributed by atoms with Crippen molar-refractivity contribution in [3.63, 3.8) is 0 Å². The van der Waals surface area contributed by atoms with Crippen LogP contribution in [-0.2, 0) is 20.8 Å². The number of esters is 1. The molecule has 176 valence electrons. The lowest BCUT2D eigenvalue weighted by molar-refractivity contribution is 0.0193. The number of carbonyl (C=O) groups is 1. The van der Waals surface area contributed by atoms with Crippen LogP contribution in [0.4, 0.5) is 5.69 Å². The molecule has 3 heterocycles. The number of nitrogens with zero attached hydrogens (tertiary/aromatic N) is 4. The molecule has 1 aromatic heterocycles. The Hall–Kier alpha value is -2.81. The van der Waals surface area contributed by atoms with Crippen molar-refractivity contribution in [2.45, 2.75) is 13.5 Å². The van der Waals surface area contributed by atoms with Gasteiger partial charge in [-0.25, -0.2) is 9.78 Å². The lowest BCUT2D eigenvalue weighted by atomic mass is 10.1. The Bertz CT molecular complexity index is 953. The van der Waals surface area contributed by atoms with E-state index in [0.29, 0.717) is 38.6 Å². The first kappa shape index (κ1) is 23.4. The molecule has 2 fully saturated rings. The smallest absolute Gasteiger partial charge is 0.357 e. The molecule has 0 atom stereocenters. The third-order valence-electron chi connectivity index (χ3n) is 5.73. The van der Waals surface area contributed by atoms with Crippen molar-refractivity contribution in [2.24, 2.45) is 4.99 Å². The Balaban J connectivity index is 1.44. The van der Waals surface area contributed by atoms with E-state index in [-0.39, 0.29) is 0 Å². The number of aliphatic imine (C=N–C) groups is 1. The van der Waals surface area contributed by atoms with Gasteiger partial charge in [-0.15, -0.1) is 0 Å². The average molecular weight is 453 g/mol. The van der Waals surface area contributed by atoms with E-state index in [2.05, 4.69) is 38.8 Å². The molecule has 2 aliphatic heterocycles. The number of ether oxygens (including phenoxy) is 3. The summed E-state index contributed by atoms with van der Waals surface area (Å²) in [5, 5.41) is 0. The lowest BCUT2D eigenvalue weighted by Gasteiger charge is -2.29. The summed E-state index contributed by atoms with van der Waals surface area (Å²) in [7, 11) is 0. The number of aromatic nitrogens is 1. The van der Waals surface area contributed by atoms with Gasteiger partial charge in [-0.1, -0.05) is 29.8 Å². The maximum Gasteiger partial charge on any atom is 0.357 e. The van der Waals surface area contributed by atoms with Crippen molar-refractivity contribution >= 4 is 17.9 Å². The molecule has 0 bridgehead atoms. The van der Waals surface area contributed by atoms with Crippen molar-refractivity contribution in [3.05, 3.63) is 58.9 Å². The second-order valence-electron chi connectivity index (χ2n) is 8.28. The SMILES string of the molecule is Cc1cccc(C=NCc2cc(N3CCOCC3)cc(C(=O)OCCN3CCOCC3)n2)c1. The molecule has 1 aromatic carbocycles. The maximum atomic E-state index is 12.8. The number of hydrogen-bond acceptors (Lipinski definition) is 8. The first-order valence-corrected chi connectivity index (χ1v) is 11.5. The molecule has 8 nitrogen and oxygen atoms in total. The van der Waals surface area contributed by atoms with Crippen molar-refractivity contribution in [2.75, 3.05) is 70.7 Å². The van der Waals surface area contributed by atoms with E-state index >= 15 is 0 Å². The molecule has 33 heavy (non-hydrogen) atoms. The fraction of sp³-hybridized carbons (Fsp3) is 0.480. The van der Waals surface area contributed by atoms with E-state index in [1.807, 2.05) is 30.5 Å². The summed E-state index contributed by atoms with van der Waals surface area (Å²) in [6.07, 6.45) is 1.84. The number of aryl methyl sites for hydroxylation is 1. The van der Waals surface area contributed by atoms with Gasteiger partial charge in [0.25, 0.3) is 0 Å². The highest BCUT2D eigenvalue weighted by molar-refractivity contribution is 5.88. The monoisotopic (exact) mass is 452 g/mol. The van der Waals surface area contributed by atoms with Crippen LogP contribution in [0.3, 0.4) is 0 Å². The van der Waals surface area contributed by atoms with Gasteiger partial charge in [-0.3, -0.25) is 9.89 Å². The molecular formula is C25H32N4O4. The zero-order valence-electron chi connectivity index (χ0n) is 19.2. The fourth-order valence-corrected chi connectivity index (χ4v) is 3.92. The molecular weight excluding hydrogens is 420 g/mol. The van der Waals surface area contributed by atoms with Gasteiger partial charge in [0.1, 0.15) is 6.61 Å². The molecule has 2 aliphatic rings. The molecule has 8 heteroatoms. The van der Waals surface area contributed by atoms with E-state index in [1.165, 1.54) is 5.56 Å². The van der Waals surface area contributed by atoms with Gasteiger partial charge in [-0.05, 0) is 24.6 Å². The van der Waals surface area contributed by atoms with Crippen LogP contribution >= 0.6 is 0 Å². The number of benzene rings is 1. The summed E-state index contributed by atoms with van der Waals surface area (Å²) in [5.74, 6) is -0.401. The van der Waals surface area contributed by atoms with Gasteiger partial charge in [0, 0.05) is 44.6 Å². The highest BCUT2D eigenvalue weighted by Gasteiger charge is 2.18. The molecule has 4 rings (SSSR count). The summed E-state index contributed by atoms with van der Waals surface area (Å²) >= 11 is 0. The van der Waals surface area contributed by atoms with Crippen LogP contribution in [0.1, 0.15) is 27.3 Å². The molecule has 0 spiro atoms. The highest BCUT2D eigenvalue weighted by Crippen LogP contribution is 2.20. The van der Waals surface area contributed by atoms with Crippen LogP contribution in [0.5, 0.6) is 0 Å². The van der Waals surface area contributed by atoms with E-state index in [9.17, 15) is 4.79 Å². The second-order valence-corrected chi connectivity index (χ2v) is 8.28. The quantitative estimate of drug-likeness (QED) is 0.449. The van der Waals surface area contributed by atoms with E-state index in [4.69, 9.17) is 14.2 Å². The maximum absolute atomic E-state index is 12.8. The Labute approximate surface area is 195 Å². The Morgan fingerprint density at radius 2 is 1.85 bits per heavy atom. The summed E-state index contributed by atoms with van der Waals surface area (Å²) < 4.78 is 16.4. The zero-order valence-corrected chi connectivity index (χ0v) is 19.2. The van der Waals surface area contributed by atoms with Crippen molar-refractivity contribution in [3.8, 4) is 0 Å². The second kappa shape index (κ2) is 11.9. The fourth-order valence-electron chi connectivity index (χ4n) is 3.92. The average Bonchev–Trinajstić information content (AvgIpc) is 2.85. The van der Waals surface area contributed by atoms with Gasteiger partial charge < -0.3 is 19.1 Å². The summed E-state index contributed by atoms with van der Waals surface area (Å²) in [6.45, 7) is 9.56. The predicted octanol–water partition coefficient (Wildman–Crippen LogP) is 2.33. The molecule has 0 radical (unpaired) electrons. The molecule has 0 aliphatic carbocycles. The van der Waals surface area contributed by atoms with E-state index in [1.54, 1.807) is 0 Å². The van der Waals surface area contributed by atoms with Gasteiger partial charge in [-0.2, -0.15) is 0 Å². The topological polar surface area (TPSA) is 76.5 Å². The lowest BCUT2D eigenvalue weighted by Crippen LogP contribution is -2.38. The van der Waals surface area contributed by atoms with Crippen molar-refractivity contribution in [1.82, 2.24) is 9.88 Å². The standard InChI is InChI=1S/C25H32N4O4/c1-20-3-2-4-21(15-20)18-26-19-22-16-23(29-8-12-32-13-9-29)17-24(27-22)25(30)33-14-7-28-5-10-31-11-6-28/h2-4,15-18H,5-14,19H2,1H3. The van der Waals surface area contributed by atoms with Crippen LogP contribution in [0.15, 0.2) is 41.4 Å². The number of anilines is 1. The number of pyridine rings is 1. The van der Waals surface area contributed by atoms with Crippen molar-refractivity contribution in [1.29, 1.82) is 0 Å². The number of carbonyl (C=O) groups excluding carboxylic acids is 1. The van der Waals surface area contributed by atoms with E-state index < -0.39 is 5.97 Å². The minimum absolute atomic E-state index is 0.321. The minimum Gasteiger partial charge on any atom is -0.460 e. The van der Waals surface area contributed by atoms with Crippen LogP contribution < -0.4 is 4.90 Å². The largest absolute Gasteiger partial charge is 0.460 e. The van der Waals surface area contributed by atoms with Crippen LogP contribution in [0, 0.1) is 6.92 Å². The van der Waals surface area contributed by atoms with Gasteiger partial charge >= 0.3 is 5.97 Å². The highest BCUT2D eigenvalue weighted by atomic mass is 16.5. The normalized spacial score (nSPS) is 17.4. The van der Waals surface area contributed by atoms with Crippen LogP contribution in [0.25, 0.3) is 0 Å². The third-order valence-corrected chi connectivity index (χ3v) is 5.73. The van der Waals surface area contributed by atoms with Crippen LogP contribution in [-0.4, -0.2) is 87.8 Å². The van der Waals surface area contributed by atoms with Crippen LogP contribution in [0.2, 0.25) is 0 Å². The molecule has 0 N–H and O–H groups in total. The molecule has 2 aromatic rings. The summed E-state index contributed by atoms with van der Waals surface area (Å²) in [6, 6.07) is 12.0. The Kier molecular flexibility index (Phi) is 8.41. The summed E-state index contributed by atoms with van der Waals surface area (Å²) in [5.41, 5.74) is 4.24. The first-order valence-electron chi connectivity index (χ1n) is 11.5. The predicted molar refractivity (Wildman–Crippen MR) is 127 cm³/mol. The van der Waals surface area contributed by atoms with Gasteiger partial charge in [0.15, 0.2) is 5.69 Å². The minimum atomic E-state index is -0.401. The zero-order chi connectivity index (χ0) is 22.9. The molecule has 2 saturated heterocycles. The van der Waals surface area contributed by atoms with Gasteiger partial charge in [0.05, 0.1) is 38.7 Å².